The van der Waals surface area contributed by atoms with Crippen LogP contribution in [0.15, 0.2) is 0 Å². The minimum absolute atomic E-state index is 0.229. The summed E-state index contributed by atoms with van der Waals surface area (Å²) in [7, 11) is 1.68. The number of carbonyl (C=O) groups is 1. The van der Waals surface area contributed by atoms with Crippen molar-refractivity contribution < 1.29 is 9.53 Å². The van der Waals surface area contributed by atoms with Crippen molar-refractivity contribution in [3.63, 3.8) is 0 Å². The Labute approximate surface area is 84.6 Å². The van der Waals surface area contributed by atoms with Gasteiger partial charge in [0.1, 0.15) is 0 Å². The quantitative estimate of drug-likeness (QED) is 0.667. The normalized spacial score (nSPS) is 21.8. The number of hydrogen-bond acceptors (Lipinski definition) is 3. The zero-order chi connectivity index (χ0) is 9.97. The Kier molecular flexibility index (Phi) is 3.03. The molecule has 1 N–H and O–H groups in total. The average molecular weight is 198 g/mol. The number of amides is 1. The van der Waals surface area contributed by atoms with Gasteiger partial charge in [-0.1, -0.05) is 0 Å². The van der Waals surface area contributed by atoms with Crippen LogP contribution >= 0.6 is 0 Å². The molecule has 0 unspecified atom stereocenters. The van der Waals surface area contributed by atoms with E-state index in [1.807, 2.05) is 4.90 Å². The number of ether oxygens (including phenoxy) is 1. The van der Waals surface area contributed by atoms with E-state index in [0.717, 1.165) is 19.6 Å². The van der Waals surface area contributed by atoms with Crippen molar-refractivity contribution in [2.24, 2.45) is 5.92 Å². The molecule has 1 amide bonds. The van der Waals surface area contributed by atoms with Crippen LogP contribution in [0, 0.1) is 5.92 Å². The maximum atomic E-state index is 11.9. The molecule has 1 aliphatic carbocycles. The van der Waals surface area contributed by atoms with Gasteiger partial charge in [-0.05, 0) is 12.8 Å². The molecule has 0 radical (unpaired) electrons. The van der Waals surface area contributed by atoms with Crippen LogP contribution in [0.1, 0.15) is 12.8 Å². The number of methoxy groups -OCH3 is 1. The van der Waals surface area contributed by atoms with Crippen LogP contribution in [0.4, 0.5) is 0 Å². The van der Waals surface area contributed by atoms with Crippen LogP contribution in [0.25, 0.3) is 0 Å². The first-order valence-corrected chi connectivity index (χ1v) is 5.33. The highest BCUT2D eigenvalue weighted by Gasteiger charge is 2.37. The predicted molar refractivity (Wildman–Crippen MR) is 53.0 cm³/mol. The Morgan fingerprint density at radius 3 is 2.64 bits per heavy atom. The Hall–Kier alpha value is -0.610. The molecule has 0 atom stereocenters. The number of rotatable bonds is 5. The fourth-order valence-corrected chi connectivity index (χ4v) is 1.75. The second-order valence-corrected chi connectivity index (χ2v) is 4.11. The second kappa shape index (κ2) is 4.28. The molecule has 1 heterocycles. The number of nitrogens with zero attached hydrogens (tertiary/aromatic N) is 1. The maximum Gasteiger partial charge on any atom is 0.228 e. The molecule has 0 aromatic rings. The van der Waals surface area contributed by atoms with Gasteiger partial charge in [-0.2, -0.15) is 0 Å². The van der Waals surface area contributed by atoms with Crippen LogP contribution in [0.3, 0.4) is 0 Å². The van der Waals surface area contributed by atoms with Crippen molar-refractivity contribution in [3.05, 3.63) is 0 Å². The highest BCUT2D eigenvalue weighted by Crippen LogP contribution is 2.28. The van der Waals surface area contributed by atoms with E-state index in [9.17, 15) is 4.79 Å². The van der Waals surface area contributed by atoms with Crippen LogP contribution in [-0.4, -0.2) is 50.2 Å². The lowest BCUT2D eigenvalue weighted by molar-refractivity contribution is -0.138. The topological polar surface area (TPSA) is 41.6 Å². The van der Waals surface area contributed by atoms with Crippen molar-refractivity contribution in [1.29, 1.82) is 0 Å². The summed E-state index contributed by atoms with van der Waals surface area (Å²) in [6.45, 7) is 3.13. The number of carbonyl (C=O) groups excluding carboxylic acids is 1. The Morgan fingerprint density at radius 1 is 1.50 bits per heavy atom. The van der Waals surface area contributed by atoms with Crippen LogP contribution in [0.5, 0.6) is 0 Å². The highest BCUT2D eigenvalue weighted by atomic mass is 16.5. The molecule has 14 heavy (non-hydrogen) atoms. The first-order valence-electron chi connectivity index (χ1n) is 5.33. The standard InChI is InChI=1S/C10H18N2O2/c1-14-5-4-12(9-2-3-9)10(13)8-6-11-7-8/h8-9,11H,2-7H2,1H3. The van der Waals surface area contributed by atoms with Gasteiger partial charge in [0.05, 0.1) is 12.5 Å². The molecule has 1 saturated heterocycles. The summed E-state index contributed by atoms with van der Waals surface area (Å²) in [5, 5.41) is 3.13. The van der Waals surface area contributed by atoms with Crippen LogP contribution in [0.2, 0.25) is 0 Å². The third-order valence-electron chi connectivity index (χ3n) is 2.94. The Balaban J connectivity index is 1.84. The van der Waals surface area contributed by atoms with Gasteiger partial charge in [0.2, 0.25) is 5.91 Å². The molecule has 0 aromatic carbocycles. The van der Waals surface area contributed by atoms with Crippen molar-refractivity contribution in [3.8, 4) is 0 Å². The highest BCUT2D eigenvalue weighted by molar-refractivity contribution is 5.80. The maximum absolute atomic E-state index is 11.9. The first-order chi connectivity index (χ1) is 6.83. The fraction of sp³-hybridized carbons (Fsp3) is 0.900. The Bertz CT molecular complexity index is 212. The van der Waals surface area contributed by atoms with Crippen molar-refractivity contribution >= 4 is 5.91 Å². The zero-order valence-electron chi connectivity index (χ0n) is 8.66. The molecule has 4 heteroatoms. The largest absolute Gasteiger partial charge is 0.383 e. The predicted octanol–water partition coefficient (Wildman–Crippen LogP) is -0.157. The molecule has 2 rings (SSSR count). The van der Waals surface area contributed by atoms with Gasteiger partial charge >= 0.3 is 0 Å². The summed E-state index contributed by atoms with van der Waals surface area (Å²) in [6.07, 6.45) is 2.35. The molecule has 0 aromatic heterocycles. The van der Waals surface area contributed by atoms with Crippen LogP contribution < -0.4 is 5.32 Å². The van der Waals surface area contributed by atoms with E-state index in [0.29, 0.717) is 18.6 Å². The van der Waals surface area contributed by atoms with Crippen LogP contribution in [-0.2, 0) is 9.53 Å². The smallest absolute Gasteiger partial charge is 0.228 e. The van der Waals surface area contributed by atoms with Crippen molar-refractivity contribution in [2.45, 2.75) is 18.9 Å². The van der Waals surface area contributed by atoms with E-state index < -0.39 is 0 Å². The SMILES string of the molecule is COCCN(C(=O)C1CNC1)C1CC1. The van der Waals surface area contributed by atoms with Crippen molar-refractivity contribution in [2.75, 3.05) is 33.4 Å². The van der Waals surface area contributed by atoms with E-state index in [2.05, 4.69) is 5.32 Å². The third kappa shape index (κ3) is 2.07. The lowest BCUT2D eigenvalue weighted by Gasteiger charge is -2.32. The van der Waals surface area contributed by atoms with Gasteiger partial charge in [-0.3, -0.25) is 4.79 Å². The zero-order valence-corrected chi connectivity index (χ0v) is 8.66. The monoisotopic (exact) mass is 198 g/mol. The van der Waals surface area contributed by atoms with E-state index in [1.165, 1.54) is 12.8 Å². The molecule has 2 fully saturated rings. The molecule has 1 aliphatic heterocycles. The summed E-state index contributed by atoms with van der Waals surface area (Å²) < 4.78 is 5.02. The number of hydrogen-bond donors (Lipinski definition) is 1. The van der Waals surface area contributed by atoms with Gasteiger partial charge in [0.25, 0.3) is 0 Å². The second-order valence-electron chi connectivity index (χ2n) is 4.11. The summed E-state index contributed by atoms with van der Waals surface area (Å²) in [5.74, 6) is 0.552. The molecule has 0 spiro atoms. The minimum Gasteiger partial charge on any atom is -0.383 e. The van der Waals surface area contributed by atoms with Gasteiger partial charge in [-0.25, -0.2) is 0 Å². The lowest BCUT2D eigenvalue weighted by atomic mass is 10.0. The fourth-order valence-electron chi connectivity index (χ4n) is 1.75. The summed E-state index contributed by atoms with van der Waals surface area (Å²) >= 11 is 0. The molecular weight excluding hydrogens is 180 g/mol. The summed E-state index contributed by atoms with van der Waals surface area (Å²) in [6, 6.07) is 0.512. The van der Waals surface area contributed by atoms with E-state index in [-0.39, 0.29) is 5.92 Å². The van der Waals surface area contributed by atoms with Gasteiger partial charge in [-0.15, -0.1) is 0 Å². The lowest BCUT2D eigenvalue weighted by Crippen LogP contribution is -2.53. The molecule has 4 nitrogen and oxygen atoms in total. The van der Waals surface area contributed by atoms with E-state index in [4.69, 9.17) is 4.74 Å². The molecule has 2 aliphatic rings. The molecule has 80 valence electrons. The minimum atomic E-state index is 0.229. The van der Waals surface area contributed by atoms with E-state index >= 15 is 0 Å². The van der Waals surface area contributed by atoms with Crippen molar-refractivity contribution in [1.82, 2.24) is 10.2 Å². The first kappa shape index (κ1) is 9.93. The summed E-state index contributed by atoms with van der Waals surface area (Å²) in [4.78, 5) is 14.0. The molecule has 0 bridgehead atoms. The van der Waals surface area contributed by atoms with E-state index in [1.54, 1.807) is 7.11 Å². The summed E-state index contributed by atoms with van der Waals surface area (Å²) in [5.41, 5.74) is 0. The molecular formula is C10H18N2O2. The number of nitrogens with one attached hydrogen (secondary N) is 1. The third-order valence-corrected chi connectivity index (χ3v) is 2.94. The molecule has 1 saturated carbocycles. The van der Waals surface area contributed by atoms with Gasteiger partial charge in [0, 0.05) is 32.8 Å². The average Bonchev–Trinajstić information content (AvgIpc) is 2.85. The van der Waals surface area contributed by atoms with Gasteiger partial charge < -0.3 is 15.0 Å². The Morgan fingerprint density at radius 2 is 2.21 bits per heavy atom. The van der Waals surface area contributed by atoms with Gasteiger partial charge in [0.15, 0.2) is 0 Å².